The third-order valence-electron chi connectivity index (χ3n) is 4.22. The predicted molar refractivity (Wildman–Crippen MR) is 123 cm³/mol. The maximum absolute atomic E-state index is 12.5. The van der Waals surface area contributed by atoms with Crippen LogP contribution in [0, 0.1) is 0 Å². The number of sulfonamides is 1. The van der Waals surface area contributed by atoms with Crippen molar-refractivity contribution in [3.8, 4) is 0 Å². The van der Waals surface area contributed by atoms with Crippen LogP contribution in [0.2, 0.25) is 15.1 Å². The summed E-state index contributed by atoms with van der Waals surface area (Å²) >= 11 is 17.9. The van der Waals surface area contributed by atoms with E-state index in [2.05, 4.69) is 5.32 Å². The Labute approximate surface area is 190 Å². The van der Waals surface area contributed by atoms with Gasteiger partial charge < -0.3 is 5.32 Å². The van der Waals surface area contributed by atoms with Crippen LogP contribution in [-0.4, -0.2) is 20.6 Å². The van der Waals surface area contributed by atoms with Gasteiger partial charge in [-0.25, -0.2) is 8.42 Å². The third kappa shape index (κ3) is 5.67. The van der Waals surface area contributed by atoms with Crippen molar-refractivity contribution in [2.75, 3.05) is 15.9 Å². The molecule has 0 heterocycles. The molecule has 3 aromatic rings. The molecule has 5 nitrogen and oxygen atoms in total. The zero-order valence-electron chi connectivity index (χ0n) is 15.8. The SMILES string of the molecule is CS(=O)(=O)N(Cc1ccc(C(=O)Nc2ccc(Cl)cc2Cl)cc1)c1cccc(Cl)c1. The van der Waals surface area contributed by atoms with Gasteiger partial charge in [0.1, 0.15) is 0 Å². The Morgan fingerprint density at radius 2 is 1.60 bits per heavy atom. The lowest BCUT2D eigenvalue weighted by atomic mass is 10.1. The largest absolute Gasteiger partial charge is 0.321 e. The van der Waals surface area contributed by atoms with Crippen LogP contribution in [0.1, 0.15) is 15.9 Å². The zero-order chi connectivity index (χ0) is 21.9. The summed E-state index contributed by atoms with van der Waals surface area (Å²) < 4.78 is 25.8. The standard InChI is InChI=1S/C21H17Cl3N2O3S/c1-30(28,29)26(18-4-2-3-16(22)11-18)13-14-5-7-15(8-6-14)21(27)25-20-10-9-17(23)12-19(20)24/h2-12H,13H2,1H3,(H,25,27). The molecule has 1 amide bonds. The number of amides is 1. The second kappa shape index (κ2) is 9.27. The van der Waals surface area contributed by atoms with Crippen molar-refractivity contribution < 1.29 is 13.2 Å². The zero-order valence-corrected chi connectivity index (χ0v) is 18.9. The van der Waals surface area contributed by atoms with E-state index in [0.717, 1.165) is 6.26 Å². The highest BCUT2D eigenvalue weighted by Gasteiger charge is 2.18. The van der Waals surface area contributed by atoms with Crippen LogP contribution in [0.4, 0.5) is 11.4 Å². The van der Waals surface area contributed by atoms with E-state index in [9.17, 15) is 13.2 Å². The number of hydrogen-bond acceptors (Lipinski definition) is 3. The molecule has 156 valence electrons. The number of anilines is 2. The number of nitrogens with zero attached hydrogens (tertiary/aromatic N) is 1. The van der Waals surface area contributed by atoms with E-state index in [1.54, 1.807) is 60.7 Å². The van der Waals surface area contributed by atoms with Crippen LogP contribution < -0.4 is 9.62 Å². The molecule has 30 heavy (non-hydrogen) atoms. The lowest BCUT2D eigenvalue weighted by Gasteiger charge is -2.22. The highest BCUT2D eigenvalue weighted by molar-refractivity contribution is 7.92. The molecule has 0 aliphatic heterocycles. The molecule has 3 aromatic carbocycles. The number of rotatable bonds is 6. The quantitative estimate of drug-likeness (QED) is 0.477. The van der Waals surface area contributed by atoms with Crippen LogP contribution in [-0.2, 0) is 16.6 Å². The number of benzene rings is 3. The molecule has 0 saturated carbocycles. The number of halogens is 3. The van der Waals surface area contributed by atoms with Crippen molar-refractivity contribution in [2.24, 2.45) is 0 Å². The van der Waals surface area contributed by atoms with Gasteiger partial charge in [-0.1, -0.05) is 53.0 Å². The first-order valence-corrected chi connectivity index (χ1v) is 11.7. The smallest absolute Gasteiger partial charge is 0.255 e. The Kier molecular flexibility index (Phi) is 6.93. The lowest BCUT2D eigenvalue weighted by Crippen LogP contribution is -2.29. The van der Waals surface area contributed by atoms with Crippen LogP contribution in [0.3, 0.4) is 0 Å². The first-order chi connectivity index (χ1) is 14.1. The van der Waals surface area contributed by atoms with Gasteiger partial charge in [-0.2, -0.15) is 0 Å². The summed E-state index contributed by atoms with van der Waals surface area (Å²) in [6.07, 6.45) is 1.13. The molecule has 0 radical (unpaired) electrons. The van der Waals surface area contributed by atoms with Gasteiger partial charge in [0, 0.05) is 15.6 Å². The fraction of sp³-hybridized carbons (Fsp3) is 0.0952. The molecule has 0 atom stereocenters. The van der Waals surface area contributed by atoms with Crippen LogP contribution in [0.25, 0.3) is 0 Å². The predicted octanol–water partition coefficient (Wildman–Crippen LogP) is 5.87. The van der Waals surface area contributed by atoms with Gasteiger partial charge in [0.15, 0.2) is 0 Å². The monoisotopic (exact) mass is 482 g/mol. The van der Waals surface area contributed by atoms with E-state index in [4.69, 9.17) is 34.8 Å². The number of nitrogens with one attached hydrogen (secondary N) is 1. The Balaban J connectivity index is 1.77. The van der Waals surface area contributed by atoms with Gasteiger partial charge >= 0.3 is 0 Å². The normalized spacial score (nSPS) is 11.2. The third-order valence-corrected chi connectivity index (χ3v) is 6.14. The molecule has 0 fully saturated rings. The van der Waals surface area contributed by atoms with E-state index in [1.807, 2.05) is 0 Å². The highest BCUT2D eigenvalue weighted by atomic mass is 35.5. The molecular weight excluding hydrogens is 467 g/mol. The second-order valence-electron chi connectivity index (χ2n) is 6.52. The summed E-state index contributed by atoms with van der Waals surface area (Å²) in [7, 11) is -3.54. The molecule has 0 spiro atoms. The minimum atomic E-state index is -3.54. The summed E-state index contributed by atoms with van der Waals surface area (Å²) in [6.45, 7) is 0.101. The van der Waals surface area contributed by atoms with Crippen LogP contribution >= 0.6 is 34.8 Å². The van der Waals surface area contributed by atoms with E-state index in [0.29, 0.717) is 37.6 Å². The molecule has 0 saturated heterocycles. The number of hydrogen-bond donors (Lipinski definition) is 1. The fourth-order valence-corrected chi connectivity index (χ4v) is 4.26. The first kappa shape index (κ1) is 22.4. The number of carbonyl (C=O) groups excluding carboxylic acids is 1. The van der Waals surface area contributed by atoms with Gasteiger partial charge in [-0.15, -0.1) is 0 Å². The fourth-order valence-electron chi connectivity index (χ4n) is 2.74. The van der Waals surface area contributed by atoms with Gasteiger partial charge in [0.2, 0.25) is 10.0 Å². The highest BCUT2D eigenvalue weighted by Crippen LogP contribution is 2.26. The van der Waals surface area contributed by atoms with Crippen molar-refractivity contribution >= 4 is 62.1 Å². The molecule has 3 rings (SSSR count). The van der Waals surface area contributed by atoms with E-state index >= 15 is 0 Å². The molecule has 0 aliphatic carbocycles. The van der Waals surface area contributed by atoms with Crippen molar-refractivity contribution in [1.29, 1.82) is 0 Å². The van der Waals surface area contributed by atoms with E-state index < -0.39 is 10.0 Å². The first-order valence-electron chi connectivity index (χ1n) is 8.72. The Morgan fingerprint density at radius 1 is 0.933 bits per heavy atom. The van der Waals surface area contributed by atoms with E-state index in [-0.39, 0.29) is 12.5 Å². The molecule has 0 unspecified atom stereocenters. The van der Waals surface area contributed by atoms with Gasteiger partial charge in [0.25, 0.3) is 5.91 Å². The Bertz CT molecular complexity index is 1180. The average molecular weight is 484 g/mol. The summed E-state index contributed by atoms with van der Waals surface area (Å²) in [4.78, 5) is 12.5. The van der Waals surface area contributed by atoms with Crippen LogP contribution in [0.15, 0.2) is 66.7 Å². The lowest BCUT2D eigenvalue weighted by molar-refractivity contribution is 0.102. The molecule has 0 bridgehead atoms. The van der Waals surface area contributed by atoms with Crippen molar-refractivity contribution in [3.05, 3.63) is 92.9 Å². The Morgan fingerprint density at radius 3 is 2.20 bits per heavy atom. The Hall–Kier alpha value is -2.25. The topological polar surface area (TPSA) is 66.5 Å². The average Bonchev–Trinajstić information content (AvgIpc) is 2.68. The number of carbonyl (C=O) groups is 1. The van der Waals surface area contributed by atoms with Crippen molar-refractivity contribution in [1.82, 2.24) is 0 Å². The van der Waals surface area contributed by atoms with Crippen LogP contribution in [0.5, 0.6) is 0 Å². The summed E-state index contributed by atoms with van der Waals surface area (Å²) in [5.41, 5.74) is 2.02. The minimum Gasteiger partial charge on any atom is -0.321 e. The summed E-state index contributed by atoms with van der Waals surface area (Å²) in [6, 6.07) is 18.0. The van der Waals surface area contributed by atoms with Gasteiger partial charge in [-0.05, 0) is 54.1 Å². The van der Waals surface area contributed by atoms with E-state index in [1.165, 1.54) is 10.4 Å². The maximum atomic E-state index is 12.5. The molecule has 0 aromatic heterocycles. The molecule has 9 heteroatoms. The molecule has 1 N–H and O–H groups in total. The maximum Gasteiger partial charge on any atom is 0.255 e. The summed E-state index contributed by atoms with van der Waals surface area (Å²) in [5, 5.41) is 3.96. The van der Waals surface area contributed by atoms with Gasteiger partial charge in [-0.3, -0.25) is 9.10 Å². The molecular formula is C21H17Cl3N2O3S. The minimum absolute atomic E-state index is 0.101. The van der Waals surface area contributed by atoms with Gasteiger partial charge in [0.05, 0.1) is 29.2 Å². The van der Waals surface area contributed by atoms with Crippen molar-refractivity contribution in [2.45, 2.75) is 6.54 Å². The van der Waals surface area contributed by atoms with Crippen molar-refractivity contribution in [3.63, 3.8) is 0 Å². The summed E-state index contributed by atoms with van der Waals surface area (Å²) in [5.74, 6) is -0.347. The molecule has 0 aliphatic rings. The second-order valence-corrected chi connectivity index (χ2v) is 9.71.